The van der Waals surface area contributed by atoms with Crippen LogP contribution in [0.5, 0.6) is 5.75 Å². The smallest absolute Gasteiger partial charge is 0.153 e. The number of aromatic hydroxyl groups is 1. The number of rotatable bonds is 3. The summed E-state index contributed by atoms with van der Waals surface area (Å²) in [5.41, 5.74) is 3.07. The SMILES string of the molecule is O=Cc1ccccc1O.c1ccc(Cc2ccccc2)cc1. The topological polar surface area (TPSA) is 37.3 Å². The predicted molar refractivity (Wildman–Crippen MR) is 89.2 cm³/mol. The normalized spacial score (nSPS) is 9.45. The van der Waals surface area contributed by atoms with E-state index in [4.69, 9.17) is 5.11 Å². The van der Waals surface area contributed by atoms with Gasteiger partial charge in [0.05, 0.1) is 5.56 Å². The van der Waals surface area contributed by atoms with Gasteiger partial charge in [0.25, 0.3) is 0 Å². The van der Waals surface area contributed by atoms with Crippen LogP contribution in [0.2, 0.25) is 0 Å². The molecule has 0 aliphatic carbocycles. The standard InChI is InChI=1S/C13H12.C7H6O2/c1-3-7-12(8-4-1)11-13-9-5-2-6-10-13;8-5-6-3-1-2-4-7(6)9/h1-10H,11H2;1-5,9H. The van der Waals surface area contributed by atoms with Crippen molar-refractivity contribution in [1.29, 1.82) is 0 Å². The van der Waals surface area contributed by atoms with Gasteiger partial charge in [-0.15, -0.1) is 0 Å². The number of hydrogen-bond acceptors (Lipinski definition) is 2. The number of carbonyl (C=O) groups excluding carboxylic acids is 1. The molecule has 0 atom stereocenters. The molecule has 0 aromatic heterocycles. The summed E-state index contributed by atoms with van der Waals surface area (Å²) >= 11 is 0. The van der Waals surface area contributed by atoms with E-state index >= 15 is 0 Å². The van der Waals surface area contributed by atoms with E-state index in [1.165, 1.54) is 17.2 Å². The Kier molecular flexibility index (Phi) is 5.94. The second-order valence-corrected chi connectivity index (χ2v) is 4.82. The van der Waals surface area contributed by atoms with E-state index in [0.29, 0.717) is 11.8 Å². The first-order valence-electron chi connectivity index (χ1n) is 7.10. The fourth-order valence-corrected chi connectivity index (χ4v) is 2.01. The van der Waals surface area contributed by atoms with Crippen LogP contribution < -0.4 is 0 Å². The van der Waals surface area contributed by atoms with E-state index in [1.54, 1.807) is 18.2 Å². The van der Waals surface area contributed by atoms with Gasteiger partial charge in [-0.2, -0.15) is 0 Å². The maximum Gasteiger partial charge on any atom is 0.153 e. The minimum atomic E-state index is 0.0347. The third-order valence-electron chi connectivity index (χ3n) is 3.16. The number of hydrogen-bond donors (Lipinski definition) is 1. The Bertz CT molecular complexity index is 654. The molecule has 0 amide bonds. The zero-order valence-corrected chi connectivity index (χ0v) is 12.2. The summed E-state index contributed by atoms with van der Waals surface area (Å²) in [7, 11) is 0. The van der Waals surface area contributed by atoms with Crippen LogP contribution in [-0.2, 0) is 6.42 Å². The Hall–Kier alpha value is -2.87. The molecule has 0 radical (unpaired) electrons. The zero-order valence-electron chi connectivity index (χ0n) is 12.2. The fourth-order valence-electron chi connectivity index (χ4n) is 2.01. The van der Waals surface area contributed by atoms with Crippen molar-refractivity contribution in [3.05, 3.63) is 102 Å². The quantitative estimate of drug-likeness (QED) is 0.722. The number of phenols is 1. The first-order valence-corrected chi connectivity index (χ1v) is 7.10. The van der Waals surface area contributed by atoms with Crippen molar-refractivity contribution in [1.82, 2.24) is 0 Å². The molecule has 2 heteroatoms. The molecule has 0 bridgehead atoms. The van der Waals surface area contributed by atoms with Crippen molar-refractivity contribution in [2.45, 2.75) is 6.42 Å². The largest absolute Gasteiger partial charge is 0.507 e. The van der Waals surface area contributed by atoms with Gasteiger partial charge in [0.2, 0.25) is 0 Å². The van der Waals surface area contributed by atoms with Gasteiger partial charge in [-0.1, -0.05) is 72.8 Å². The summed E-state index contributed by atoms with van der Waals surface area (Å²) in [6.07, 6.45) is 1.65. The molecule has 0 spiro atoms. The molecule has 110 valence electrons. The maximum atomic E-state index is 10.1. The van der Waals surface area contributed by atoms with E-state index in [-0.39, 0.29) is 5.75 Å². The third kappa shape index (κ3) is 4.91. The van der Waals surface area contributed by atoms with Crippen LogP contribution in [0.4, 0.5) is 0 Å². The lowest BCUT2D eigenvalue weighted by Crippen LogP contribution is -1.85. The van der Waals surface area contributed by atoms with Gasteiger partial charge >= 0.3 is 0 Å². The highest BCUT2D eigenvalue weighted by molar-refractivity contribution is 5.78. The van der Waals surface area contributed by atoms with Crippen LogP contribution in [0.1, 0.15) is 21.5 Å². The first-order chi connectivity index (χ1) is 10.8. The van der Waals surface area contributed by atoms with Gasteiger partial charge in [0.15, 0.2) is 6.29 Å². The predicted octanol–water partition coefficient (Wildman–Crippen LogP) is 4.48. The molecule has 0 heterocycles. The van der Waals surface area contributed by atoms with Gasteiger partial charge in [-0.05, 0) is 29.7 Å². The van der Waals surface area contributed by atoms with Gasteiger partial charge in [-0.3, -0.25) is 4.79 Å². The number of benzene rings is 3. The zero-order chi connectivity index (χ0) is 15.6. The van der Waals surface area contributed by atoms with Crippen molar-refractivity contribution in [3.8, 4) is 5.75 Å². The highest BCUT2D eigenvalue weighted by atomic mass is 16.3. The highest BCUT2D eigenvalue weighted by Gasteiger charge is 1.93. The lowest BCUT2D eigenvalue weighted by atomic mass is 10.1. The number of carbonyl (C=O) groups is 1. The molecule has 0 unspecified atom stereocenters. The second-order valence-electron chi connectivity index (χ2n) is 4.82. The lowest BCUT2D eigenvalue weighted by molar-refractivity contribution is 0.112. The lowest BCUT2D eigenvalue weighted by Gasteiger charge is -2.00. The minimum Gasteiger partial charge on any atom is -0.507 e. The number of aldehydes is 1. The van der Waals surface area contributed by atoms with Gasteiger partial charge in [-0.25, -0.2) is 0 Å². The summed E-state index contributed by atoms with van der Waals surface area (Å²) in [4.78, 5) is 10.1. The summed E-state index contributed by atoms with van der Waals surface area (Å²) in [5, 5.41) is 8.88. The highest BCUT2D eigenvalue weighted by Crippen LogP contribution is 2.11. The molecule has 3 rings (SSSR count). The summed E-state index contributed by atoms with van der Waals surface area (Å²) in [5.74, 6) is 0.0347. The maximum absolute atomic E-state index is 10.1. The summed E-state index contributed by atoms with van der Waals surface area (Å²) < 4.78 is 0. The summed E-state index contributed by atoms with van der Waals surface area (Å²) in [6.45, 7) is 0. The van der Waals surface area contributed by atoms with E-state index in [0.717, 1.165) is 6.42 Å². The average molecular weight is 290 g/mol. The van der Waals surface area contributed by atoms with Crippen molar-refractivity contribution in [2.24, 2.45) is 0 Å². The van der Waals surface area contributed by atoms with E-state index in [9.17, 15) is 4.79 Å². The number of phenolic OH excluding ortho intramolecular Hbond substituents is 1. The van der Waals surface area contributed by atoms with Crippen LogP contribution in [-0.4, -0.2) is 11.4 Å². The van der Waals surface area contributed by atoms with Crippen LogP contribution >= 0.6 is 0 Å². The molecule has 0 aliphatic rings. The molecular weight excluding hydrogens is 272 g/mol. The molecule has 0 saturated heterocycles. The molecule has 3 aromatic rings. The Labute approximate surface area is 130 Å². The summed E-state index contributed by atoms with van der Waals surface area (Å²) in [6, 6.07) is 27.5. The van der Waals surface area contributed by atoms with Gasteiger partial charge in [0.1, 0.15) is 5.75 Å². The molecule has 3 aromatic carbocycles. The minimum absolute atomic E-state index is 0.0347. The average Bonchev–Trinajstić information content (AvgIpc) is 2.58. The molecule has 0 aliphatic heterocycles. The Balaban J connectivity index is 0.000000172. The second kappa shape index (κ2) is 8.42. The van der Waals surface area contributed by atoms with Crippen LogP contribution in [0, 0.1) is 0 Å². The van der Waals surface area contributed by atoms with Crippen LogP contribution in [0.25, 0.3) is 0 Å². The van der Waals surface area contributed by atoms with Crippen molar-refractivity contribution in [3.63, 3.8) is 0 Å². The van der Waals surface area contributed by atoms with Crippen LogP contribution in [0.3, 0.4) is 0 Å². The van der Waals surface area contributed by atoms with Gasteiger partial charge in [0, 0.05) is 0 Å². The Morgan fingerprint density at radius 1 is 0.682 bits per heavy atom. The molecule has 1 N–H and O–H groups in total. The molecule has 22 heavy (non-hydrogen) atoms. The van der Waals surface area contributed by atoms with E-state index in [2.05, 4.69) is 60.7 Å². The van der Waals surface area contributed by atoms with E-state index < -0.39 is 0 Å². The fraction of sp³-hybridized carbons (Fsp3) is 0.0500. The Morgan fingerprint density at radius 2 is 1.14 bits per heavy atom. The van der Waals surface area contributed by atoms with Crippen molar-refractivity contribution >= 4 is 6.29 Å². The number of para-hydroxylation sites is 1. The van der Waals surface area contributed by atoms with Crippen molar-refractivity contribution < 1.29 is 9.90 Å². The first kappa shape index (κ1) is 15.5. The van der Waals surface area contributed by atoms with E-state index in [1.807, 2.05) is 0 Å². The molecular formula is C20H18O2. The molecule has 0 fully saturated rings. The monoisotopic (exact) mass is 290 g/mol. The van der Waals surface area contributed by atoms with Crippen molar-refractivity contribution in [2.75, 3.05) is 0 Å². The molecule has 0 saturated carbocycles. The van der Waals surface area contributed by atoms with Gasteiger partial charge < -0.3 is 5.11 Å². The third-order valence-corrected chi connectivity index (χ3v) is 3.16. The Morgan fingerprint density at radius 3 is 1.55 bits per heavy atom. The molecule has 2 nitrogen and oxygen atoms in total. The van der Waals surface area contributed by atoms with Crippen LogP contribution in [0.15, 0.2) is 84.9 Å².